The maximum Gasteiger partial charge on any atom is 0.422 e. The summed E-state index contributed by atoms with van der Waals surface area (Å²) in [5.41, 5.74) is 6.39. The average molecular weight is 410 g/mol. The predicted molar refractivity (Wildman–Crippen MR) is 100.0 cm³/mol. The van der Waals surface area contributed by atoms with E-state index in [1.165, 1.54) is 0 Å². The lowest BCUT2D eigenvalue weighted by molar-refractivity contribution is -0.153. The highest BCUT2D eigenvalue weighted by Gasteiger charge is 2.28. The molecule has 27 heavy (non-hydrogen) atoms. The number of nitrogens with zero attached hydrogens (tertiary/aromatic N) is 1. The lowest BCUT2D eigenvalue weighted by Crippen LogP contribution is -2.46. The summed E-state index contributed by atoms with van der Waals surface area (Å²) in [5.74, 6) is 0.166. The molecular formula is C18H27ClF3N3O2. The Morgan fingerprint density at radius 3 is 2.59 bits per heavy atom. The molecule has 9 heteroatoms. The van der Waals surface area contributed by atoms with E-state index in [4.69, 9.17) is 10.5 Å². The number of carbonyl (C=O) groups excluding carboxylic acids is 1. The Kier molecular flexibility index (Phi) is 9.90. The van der Waals surface area contributed by atoms with Gasteiger partial charge < -0.3 is 15.8 Å². The molecule has 0 aromatic heterocycles. The number of likely N-dealkylation sites (tertiary alicyclic amines) is 1. The second kappa shape index (κ2) is 11.4. The first-order valence-electron chi connectivity index (χ1n) is 8.86. The lowest BCUT2D eigenvalue weighted by atomic mass is 10.0. The summed E-state index contributed by atoms with van der Waals surface area (Å²) < 4.78 is 41.3. The van der Waals surface area contributed by atoms with E-state index in [1.54, 1.807) is 24.3 Å². The van der Waals surface area contributed by atoms with Crippen LogP contribution in [-0.4, -0.2) is 49.3 Å². The van der Waals surface area contributed by atoms with Crippen molar-refractivity contribution in [3.63, 3.8) is 0 Å². The van der Waals surface area contributed by atoms with Gasteiger partial charge in [0.25, 0.3) is 0 Å². The molecule has 1 aromatic rings. The van der Waals surface area contributed by atoms with E-state index in [2.05, 4.69) is 10.2 Å². The minimum Gasteiger partial charge on any atom is -0.484 e. The highest BCUT2D eigenvalue weighted by atomic mass is 35.5. The minimum atomic E-state index is -4.34. The Balaban J connectivity index is 0.00000364. The van der Waals surface area contributed by atoms with E-state index in [0.29, 0.717) is 26.1 Å². The van der Waals surface area contributed by atoms with Crippen molar-refractivity contribution >= 4 is 18.3 Å². The van der Waals surface area contributed by atoms with Crippen LogP contribution in [0.15, 0.2) is 24.3 Å². The zero-order valence-corrected chi connectivity index (χ0v) is 16.0. The summed E-state index contributed by atoms with van der Waals surface area (Å²) in [6.07, 6.45) is -0.784. The Labute approximate surface area is 163 Å². The highest BCUT2D eigenvalue weighted by molar-refractivity contribution is 5.85. The molecule has 0 saturated carbocycles. The van der Waals surface area contributed by atoms with Crippen LogP contribution in [0.4, 0.5) is 13.2 Å². The van der Waals surface area contributed by atoms with Crippen LogP contribution in [0, 0.1) is 0 Å². The third kappa shape index (κ3) is 8.81. The van der Waals surface area contributed by atoms with Crippen molar-refractivity contribution in [1.82, 2.24) is 10.2 Å². The van der Waals surface area contributed by atoms with Gasteiger partial charge in [0.1, 0.15) is 5.75 Å². The zero-order valence-electron chi connectivity index (χ0n) is 15.1. The molecule has 5 nitrogen and oxygen atoms in total. The van der Waals surface area contributed by atoms with Gasteiger partial charge in [-0.15, -0.1) is 12.4 Å². The van der Waals surface area contributed by atoms with Crippen molar-refractivity contribution in [3.8, 4) is 5.75 Å². The lowest BCUT2D eigenvalue weighted by Gasteiger charge is -2.36. The second-order valence-electron chi connectivity index (χ2n) is 6.51. The van der Waals surface area contributed by atoms with Gasteiger partial charge in [-0.25, -0.2) is 0 Å². The smallest absolute Gasteiger partial charge is 0.422 e. The van der Waals surface area contributed by atoms with Crippen molar-refractivity contribution in [1.29, 1.82) is 0 Å². The van der Waals surface area contributed by atoms with Gasteiger partial charge in [-0.3, -0.25) is 9.69 Å². The number of nitrogens with two attached hydrogens (primary N) is 1. The number of carbonyl (C=O) groups is 1. The summed E-state index contributed by atoms with van der Waals surface area (Å²) >= 11 is 0. The van der Waals surface area contributed by atoms with Crippen LogP contribution in [0.5, 0.6) is 5.75 Å². The van der Waals surface area contributed by atoms with Crippen LogP contribution in [0.25, 0.3) is 0 Å². The predicted octanol–water partition coefficient (Wildman–Crippen LogP) is 2.87. The first-order valence-corrected chi connectivity index (χ1v) is 8.86. The molecule has 154 valence electrons. The van der Waals surface area contributed by atoms with Gasteiger partial charge in [-0.05, 0) is 37.1 Å². The summed E-state index contributed by atoms with van der Waals surface area (Å²) in [5, 5.41) is 2.92. The van der Waals surface area contributed by atoms with Gasteiger partial charge in [0, 0.05) is 32.1 Å². The van der Waals surface area contributed by atoms with Crippen LogP contribution < -0.4 is 15.8 Å². The standard InChI is InChI=1S/C18H26F3N3O2.ClH/c19-18(20,21)13-26-16-6-4-14(5-7-16)12-24-10-2-1-3-15(24)11-23-17(25)8-9-22;/h4-7,15H,1-3,8-13,22H2,(H,23,25);1H. The number of rotatable bonds is 8. The summed E-state index contributed by atoms with van der Waals surface area (Å²) in [6.45, 7) is 1.26. The summed E-state index contributed by atoms with van der Waals surface area (Å²) in [7, 11) is 0. The van der Waals surface area contributed by atoms with Crippen molar-refractivity contribution in [2.24, 2.45) is 5.73 Å². The monoisotopic (exact) mass is 409 g/mol. The van der Waals surface area contributed by atoms with Crippen LogP contribution in [0.3, 0.4) is 0 Å². The Hall–Kier alpha value is -1.51. The molecule has 1 aliphatic heterocycles. The third-order valence-corrected chi connectivity index (χ3v) is 4.37. The number of benzene rings is 1. The number of ether oxygens (including phenoxy) is 1. The van der Waals surface area contributed by atoms with Crippen molar-refractivity contribution in [3.05, 3.63) is 29.8 Å². The van der Waals surface area contributed by atoms with Crippen LogP contribution >= 0.6 is 12.4 Å². The Morgan fingerprint density at radius 1 is 1.26 bits per heavy atom. The van der Waals surface area contributed by atoms with E-state index in [1.807, 2.05) is 0 Å². The van der Waals surface area contributed by atoms with E-state index >= 15 is 0 Å². The number of amides is 1. The van der Waals surface area contributed by atoms with Crippen molar-refractivity contribution in [2.75, 3.05) is 26.2 Å². The maximum absolute atomic E-state index is 12.2. The van der Waals surface area contributed by atoms with E-state index in [-0.39, 0.29) is 30.1 Å². The average Bonchev–Trinajstić information content (AvgIpc) is 2.60. The molecule has 1 amide bonds. The van der Waals surface area contributed by atoms with Gasteiger partial charge >= 0.3 is 6.18 Å². The first kappa shape index (κ1) is 23.5. The molecule has 3 N–H and O–H groups in total. The normalized spacial score (nSPS) is 17.9. The maximum atomic E-state index is 12.2. The molecule has 1 aromatic carbocycles. The zero-order chi connectivity index (χ0) is 19.0. The number of hydrogen-bond acceptors (Lipinski definition) is 4. The fourth-order valence-corrected chi connectivity index (χ4v) is 3.04. The fraction of sp³-hybridized carbons (Fsp3) is 0.611. The van der Waals surface area contributed by atoms with Gasteiger partial charge in [0.15, 0.2) is 6.61 Å². The highest BCUT2D eigenvalue weighted by Crippen LogP contribution is 2.22. The molecule has 1 heterocycles. The number of halogens is 4. The van der Waals surface area contributed by atoms with Gasteiger partial charge in [-0.2, -0.15) is 13.2 Å². The van der Waals surface area contributed by atoms with Gasteiger partial charge in [-0.1, -0.05) is 18.6 Å². The molecule has 2 rings (SSSR count). The topological polar surface area (TPSA) is 67.6 Å². The number of hydrogen-bond donors (Lipinski definition) is 2. The molecule has 1 aliphatic rings. The summed E-state index contributed by atoms with van der Waals surface area (Å²) in [6, 6.07) is 6.94. The molecule has 1 unspecified atom stereocenters. The molecule has 1 saturated heterocycles. The Morgan fingerprint density at radius 2 is 1.96 bits per heavy atom. The molecule has 1 atom stereocenters. The molecule has 0 aliphatic carbocycles. The first-order chi connectivity index (χ1) is 12.4. The summed E-state index contributed by atoms with van der Waals surface area (Å²) in [4.78, 5) is 13.9. The van der Waals surface area contributed by atoms with Crippen LogP contribution in [0.2, 0.25) is 0 Å². The van der Waals surface area contributed by atoms with Crippen molar-refractivity contribution in [2.45, 2.75) is 44.4 Å². The van der Waals surface area contributed by atoms with Gasteiger partial charge in [0.2, 0.25) is 5.91 Å². The molecule has 0 radical (unpaired) electrons. The van der Waals surface area contributed by atoms with E-state index < -0.39 is 12.8 Å². The van der Waals surface area contributed by atoms with E-state index in [9.17, 15) is 18.0 Å². The molecule has 0 bridgehead atoms. The third-order valence-electron chi connectivity index (χ3n) is 4.37. The van der Waals surface area contributed by atoms with Crippen molar-refractivity contribution < 1.29 is 22.7 Å². The SMILES string of the molecule is Cl.NCCC(=O)NCC1CCCCN1Cc1ccc(OCC(F)(F)F)cc1. The molecular weight excluding hydrogens is 383 g/mol. The molecule has 0 spiro atoms. The number of alkyl halides is 3. The van der Waals surface area contributed by atoms with Crippen LogP contribution in [-0.2, 0) is 11.3 Å². The number of nitrogens with one attached hydrogen (secondary N) is 1. The van der Waals surface area contributed by atoms with Gasteiger partial charge in [0.05, 0.1) is 0 Å². The van der Waals surface area contributed by atoms with Crippen LogP contribution in [0.1, 0.15) is 31.2 Å². The Bertz CT molecular complexity index is 570. The number of piperidine rings is 1. The largest absolute Gasteiger partial charge is 0.484 e. The minimum absolute atomic E-state index is 0. The fourth-order valence-electron chi connectivity index (χ4n) is 3.04. The van der Waals surface area contributed by atoms with E-state index in [0.717, 1.165) is 31.4 Å². The quantitative estimate of drug-likeness (QED) is 0.692. The second-order valence-corrected chi connectivity index (χ2v) is 6.51. The molecule has 1 fully saturated rings.